The van der Waals surface area contributed by atoms with Crippen LogP contribution < -0.4 is 5.32 Å². The molecule has 0 aromatic carbocycles. The number of hydrogen-bond acceptors (Lipinski definition) is 2. The second-order valence-electron chi connectivity index (χ2n) is 5.56. The van der Waals surface area contributed by atoms with Crippen LogP contribution in [0.2, 0.25) is 0 Å². The van der Waals surface area contributed by atoms with Gasteiger partial charge in [-0.2, -0.15) is 0 Å². The largest absolute Gasteiger partial charge is 0.339 e. The van der Waals surface area contributed by atoms with Crippen LogP contribution in [-0.2, 0) is 4.79 Å². The van der Waals surface area contributed by atoms with Crippen LogP contribution in [0.1, 0.15) is 46.5 Å². The highest BCUT2D eigenvalue weighted by Gasteiger charge is 2.36. The summed E-state index contributed by atoms with van der Waals surface area (Å²) in [6, 6.07) is 1.38. The normalized spacial score (nSPS) is 27.9. The molecule has 3 heteroatoms. The third-order valence-corrected chi connectivity index (χ3v) is 3.86. The van der Waals surface area contributed by atoms with E-state index in [1.807, 2.05) is 4.90 Å². The molecule has 2 rings (SSSR count). The predicted octanol–water partition coefficient (Wildman–Crippen LogP) is 1.77. The second-order valence-corrected chi connectivity index (χ2v) is 5.56. The van der Waals surface area contributed by atoms with Gasteiger partial charge in [-0.15, -0.1) is 0 Å². The Kier molecular flexibility index (Phi) is 3.53. The Morgan fingerprint density at radius 3 is 2.56 bits per heavy atom. The van der Waals surface area contributed by atoms with Crippen LogP contribution in [0.25, 0.3) is 0 Å². The van der Waals surface area contributed by atoms with Gasteiger partial charge < -0.3 is 10.2 Å². The molecular formula is C13H24N2O. The van der Waals surface area contributed by atoms with Gasteiger partial charge in [-0.05, 0) is 39.0 Å². The van der Waals surface area contributed by atoms with Crippen LogP contribution in [-0.4, -0.2) is 35.5 Å². The summed E-state index contributed by atoms with van der Waals surface area (Å²) < 4.78 is 0. The molecule has 2 fully saturated rings. The minimum Gasteiger partial charge on any atom is -0.339 e. The zero-order chi connectivity index (χ0) is 11.7. The Hall–Kier alpha value is -0.570. The smallest absolute Gasteiger partial charge is 0.224 e. The average molecular weight is 224 g/mol. The summed E-state index contributed by atoms with van der Waals surface area (Å²) in [4.78, 5) is 13.8. The molecule has 0 aromatic heterocycles. The summed E-state index contributed by atoms with van der Waals surface area (Å²) >= 11 is 0. The summed E-state index contributed by atoms with van der Waals surface area (Å²) in [5.41, 5.74) is 0. The van der Waals surface area contributed by atoms with Crippen LogP contribution in [0.15, 0.2) is 0 Å². The number of nitrogens with one attached hydrogen (secondary N) is 1. The number of carbonyl (C=O) groups excluding carboxylic acids is 1. The zero-order valence-corrected chi connectivity index (χ0v) is 10.7. The zero-order valence-electron chi connectivity index (χ0n) is 10.7. The molecule has 0 aromatic rings. The van der Waals surface area contributed by atoms with Crippen molar-refractivity contribution in [2.75, 3.05) is 6.54 Å². The molecule has 1 saturated carbocycles. The molecule has 92 valence electrons. The molecule has 0 bridgehead atoms. The maximum Gasteiger partial charge on any atom is 0.224 e. The van der Waals surface area contributed by atoms with E-state index in [-0.39, 0.29) is 0 Å². The van der Waals surface area contributed by atoms with Gasteiger partial charge in [0.1, 0.15) is 0 Å². The van der Waals surface area contributed by atoms with Crippen molar-refractivity contribution in [2.24, 2.45) is 5.92 Å². The van der Waals surface area contributed by atoms with Gasteiger partial charge in [-0.3, -0.25) is 4.79 Å². The van der Waals surface area contributed by atoms with Crippen LogP contribution in [0.4, 0.5) is 0 Å². The molecule has 1 amide bonds. The van der Waals surface area contributed by atoms with Crippen molar-refractivity contribution in [3.8, 4) is 0 Å². The molecule has 3 nitrogen and oxygen atoms in total. The quantitative estimate of drug-likeness (QED) is 0.772. The van der Waals surface area contributed by atoms with E-state index in [0.29, 0.717) is 30.5 Å². The molecule has 1 heterocycles. The maximum atomic E-state index is 11.8. The fourth-order valence-electron chi connectivity index (χ4n) is 2.73. The molecule has 1 saturated heterocycles. The second kappa shape index (κ2) is 4.74. The molecule has 2 unspecified atom stereocenters. The van der Waals surface area contributed by atoms with Gasteiger partial charge in [-0.1, -0.05) is 6.92 Å². The van der Waals surface area contributed by atoms with Crippen molar-refractivity contribution in [2.45, 2.75) is 64.6 Å². The van der Waals surface area contributed by atoms with Crippen molar-refractivity contribution in [1.29, 1.82) is 0 Å². The predicted molar refractivity (Wildman–Crippen MR) is 65.2 cm³/mol. The molecule has 1 aliphatic carbocycles. The van der Waals surface area contributed by atoms with Crippen LogP contribution >= 0.6 is 0 Å². The highest BCUT2D eigenvalue weighted by atomic mass is 16.2. The minimum absolute atomic E-state index is 0.318. The molecule has 2 aliphatic rings. The van der Waals surface area contributed by atoms with E-state index in [2.05, 4.69) is 26.1 Å². The number of likely N-dealkylation sites (tertiary alicyclic amines) is 1. The van der Waals surface area contributed by atoms with Gasteiger partial charge >= 0.3 is 0 Å². The molecule has 16 heavy (non-hydrogen) atoms. The van der Waals surface area contributed by atoms with Crippen LogP contribution in [0, 0.1) is 5.92 Å². The molecular weight excluding hydrogens is 200 g/mol. The van der Waals surface area contributed by atoms with E-state index in [4.69, 9.17) is 0 Å². The van der Waals surface area contributed by atoms with E-state index in [1.165, 1.54) is 19.3 Å². The lowest BCUT2D eigenvalue weighted by Crippen LogP contribution is -2.41. The molecule has 1 aliphatic heterocycles. The van der Waals surface area contributed by atoms with Crippen LogP contribution in [0.3, 0.4) is 0 Å². The summed E-state index contributed by atoms with van der Waals surface area (Å²) in [6.45, 7) is 7.34. The minimum atomic E-state index is 0.318. The van der Waals surface area contributed by atoms with Gasteiger partial charge in [0.05, 0.1) is 0 Å². The standard InChI is InChI=1S/C13H24N2O/c1-4-12(10-5-6-10)14-11-7-13(16)15(8-11)9(2)3/h9-12,14H,4-8H2,1-3H3. The number of hydrogen-bond donors (Lipinski definition) is 1. The fraction of sp³-hybridized carbons (Fsp3) is 0.923. The summed E-state index contributed by atoms with van der Waals surface area (Å²) in [6.07, 6.45) is 4.64. The number of carbonyl (C=O) groups is 1. The number of nitrogens with zero attached hydrogens (tertiary/aromatic N) is 1. The maximum absolute atomic E-state index is 11.8. The molecule has 1 N–H and O–H groups in total. The van der Waals surface area contributed by atoms with Crippen molar-refractivity contribution >= 4 is 5.91 Å². The van der Waals surface area contributed by atoms with Crippen LogP contribution in [0.5, 0.6) is 0 Å². The lowest BCUT2D eigenvalue weighted by molar-refractivity contribution is -0.129. The van der Waals surface area contributed by atoms with Gasteiger partial charge in [-0.25, -0.2) is 0 Å². The molecule has 0 spiro atoms. The summed E-state index contributed by atoms with van der Waals surface area (Å²) in [5.74, 6) is 1.20. The third-order valence-electron chi connectivity index (χ3n) is 3.86. The van der Waals surface area contributed by atoms with Gasteiger partial charge in [0.15, 0.2) is 0 Å². The van der Waals surface area contributed by atoms with Crippen molar-refractivity contribution < 1.29 is 4.79 Å². The topological polar surface area (TPSA) is 32.3 Å². The molecule has 0 radical (unpaired) electrons. The van der Waals surface area contributed by atoms with Gasteiger partial charge in [0, 0.05) is 31.1 Å². The highest BCUT2D eigenvalue weighted by Crippen LogP contribution is 2.34. The highest BCUT2D eigenvalue weighted by molar-refractivity contribution is 5.79. The first-order chi connectivity index (χ1) is 7.61. The number of rotatable bonds is 5. The van der Waals surface area contributed by atoms with E-state index in [1.54, 1.807) is 0 Å². The Morgan fingerprint density at radius 2 is 2.12 bits per heavy atom. The lowest BCUT2D eigenvalue weighted by Gasteiger charge is -2.23. The van der Waals surface area contributed by atoms with E-state index in [9.17, 15) is 4.79 Å². The Bertz CT molecular complexity index is 261. The van der Waals surface area contributed by atoms with Gasteiger partial charge in [0.2, 0.25) is 5.91 Å². The average Bonchev–Trinajstić information content (AvgIpc) is 2.99. The first kappa shape index (κ1) is 11.9. The Morgan fingerprint density at radius 1 is 1.44 bits per heavy atom. The van der Waals surface area contributed by atoms with Crippen molar-refractivity contribution in [3.05, 3.63) is 0 Å². The monoisotopic (exact) mass is 224 g/mol. The third kappa shape index (κ3) is 2.57. The van der Waals surface area contributed by atoms with Crippen molar-refractivity contribution in [3.63, 3.8) is 0 Å². The van der Waals surface area contributed by atoms with Gasteiger partial charge in [0.25, 0.3) is 0 Å². The van der Waals surface area contributed by atoms with E-state index >= 15 is 0 Å². The lowest BCUT2D eigenvalue weighted by atomic mass is 10.1. The molecule has 2 atom stereocenters. The Labute approximate surface area is 98.6 Å². The number of amides is 1. The first-order valence-corrected chi connectivity index (χ1v) is 6.67. The van der Waals surface area contributed by atoms with E-state index < -0.39 is 0 Å². The summed E-state index contributed by atoms with van der Waals surface area (Å²) in [7, 11) is 0. The van der Waals surface area contributed by atoms with Crippen molar-refractivity contribution in [1.82, 2.24) is 10.2 Å². The van der Waals surface area contributed by atoms with E-state index in [0.717, 1.165) is 12.5 Å². The first-order valence-electron chi connectivity index (χ1n) is 6.67. The Balaban J connectivity index is 1.85. The SMILES string of the molecule is CCC(NC1CC(=O)N(C(C)C)C1)C1CC1. The summed E-state index contributed by atoms with van der Waals surface area (Å²) in [5, 5.41) is 3.68. The fourth-order valence-corrected chi connectivity index (χ4v) is 2.73.